The summed E-state index contributed by atoms with van der Waals surface area (Å²) in [5.74, 6) is 0.0175. The van der Waals surface area contributed by atoms with E-state index in [9.17, 15) is 97.0 Å². The van der Waals surface area contributed by atoms with E-state index in [1.54, 1.807) is 6.92 Å². The molecule has 127 heavy (non-hydrogen) atoms. The number of aliphatic hydroxyl groups is 27. The van der Waals surface area contributed by atoms with Gasteiger partial charge in [-0.25, -0.2) is 0 Å². The number of hydrogen-bond acceptors (Lipinski definition) is 49. The monoisotopic (exact) mass is 1880 g/mol. The van der Waals surface area contributed by atoms with Crippen LogP contribution < -0.4 is 0 Å². The van der Waals surface area contributed by atoms with Crippen LogP contribution in [0.3, 0.4) is 0 Å². The van der Waals surface area contributed by atoms with Crippen LogP contribution in [0.15, 0.2) is 0 Å². The third kappa shape index (κ3) is 84.3. The van der Waals surface area contributed by atoms with Gasteiger partial charge in [0.05, 0.1) is 317 Å². The summed E-state index contributed by atoms with van der Waals surface area (Å²) < 4.78 is 124. The van der Waals surface area contributed by atoms with Crippen LogP contribution in [0.2, 0.25) is 0 Å². The maximum atomic E-state index is 10.0. The molecule has 0 aliphatic heterocycles. The minimum atomic E-state index is -1.17. The molecule has 768 valence electrons. The van der Waals surface area contributed by atoms with Gasteiger partial charge in [0, 0.05) is 25.0 Å². The van der Waals surface area contributed by atoms with Gasteiger partial charge in [-0.1, -0.05) is 20.8 Å². The third-order valence-electron chi connectivity index (χ3n) is 16.3. The Balaban J connectivity index is -0.00000241. The number of hydrogen-bond donors (Lipinski definition) is 27. The summed E-state index contributed by atoms with van der Waals surface area (Å²) in [5.41, 5.74) is 0. The second-order valence-corrected chi connectivity index (χ2v) is 29.7. The Morgan fingerprint density at radius 2 is 0.276 bits per heavy atom. The van der Waals surface area contributed by atoms with Crippen LogP contribution in [-0.4, -0.2) is 596 Å². The van der Waals surface area contributed by atoms with E-state index in [0.717, 1.165) is 0 Å². The molecule has 0 spiro atoms. The van der Waals surface area contributed by atoms with Gasteiger partial charge < -0.3 is 242 Å². The fraction of sp³-hybridized carbons (Fsp3) is 1.00. The molecule has 16 unspecified atom stereocenters. The molecule has 0 aromatic heterocycles. The van der Waals surface area contributed by atoms with Crippen molar-refractivity contribution in [1.82, 2.24) is 0 Å². The molecule has 0 radical (unpaired) electrons. The second kappa shape index (κ2) is 91.8. The molecular weight excluding hydrogens is 1720 g/mol. The number of ether oxygens (including phenoxy) is 22. The lowest BCUT2D eigenvalue weighted by atomic mass is 10.2. The van der Waals surface area contributed by atoms with Crippen LogP contribution in [0.25, 0.3) is 0 Å². The highest BCUT2D eigenvalue weighted by Crippen LogP contribution is 2.13. The van der Waals surface area contributed by atoms with Crippen molar-refractivity contribution in [3.8, 4) is 0 Å². The molecule has 0 aliphatic carbocycles. The standard InChI is InChI=1S/C46H94O29.C22H46O14.C10H22O6/c1-2-33(54)13-62-21-41(22-63-14-34(55)6-47)72-29-45(30-73-42(23-64-15-35(56)7-48)24-65-16-36(57)8-49)70-4-3-5-71-46(31-74-43(25-66-17-37(58)9-50)26-67-18-38(59)10-51)32-75-44(27-68-19-39(60)11-52)28-69-20-40(61)12-53;1-16(6-35-21(12-31-8-17(27)2-23)13-32-9-18(28)3-24)7-36-22(14-33-10-19(29)4-25)15-34-11-20(30)5-26;1-8(4-15-6-9(13)2-11)5-16-7-10(14)3-12/h33-61H,2-32H2,1H3;16-30H,2-15H2,1H3;8-14H,2-7H2,1H3. The van der Waals surface area contributed by atoms with Crippen LogP contribution in [0, 0.1) is 11.8 Å². The Kier molecular flexibility index (Phi) is 93.3. The van der Waals surface area contributed by atoms with Crippen LogP contribution >= 0.6 is 0 Å². The Morgan fingerprint density at radius 3 is 0.425 bits per heavy atom. The molecule has 0 aromatic carbocycles. The summed E-state index contributed by atoms with van der Waals surface area (Å²) in [6, 6.07) is 0. The van der Waals surface area contributed by atoms with Gasteiger partial charge in [0.25, 0.3) is 0 Å². The van der Waals surface area contributed by atoms with Gasteiger partial charge >= 0.3 is 0 Å². The predicted molar refractivity (Wildman–Crippen MR) is 439 cm³/mol. The zero-order chi connectivity index (χ0) is 95.5. The summed E-state index contributed by atoms with van der Waals surface area (Å²) in [6.45, 7) is -2.37. The molecule has 0 heterocycles. The zero-order valence-electron chi connectivity index (χ0n) is 74.0. The topological polar surface area (TPSA) is 749 Å². The van der Waals surface area contributed by atoms with Gasteiger partial charge in [-0.15, -0.1) is 0 Å². The van der Waals surface area contributed by atoms with E-state index in [4.69, 9.17) is 145 Å². The zero-order valence-corrected chi connectivity index (χ0v) is 74.0. The Bertz CT molecular complexity index is 1890. The van der Waals surface area contributed by atoms with Crippen LogP contribution in [-0.2, 0) is 104 Å². The third-order valence-corrected chi connectivity index (χ3v) is 16.3. The minimum absolute atomic E-state index is 0.00481. The summed E-state index contributed by atoms with van der Waals surface area (Å²) in [4.78, 5) is 0. The molecule has 0 aliphatic rings. The van der Waals surface area contributed by atoms with Gasteiger partial charge in [0.15, 0.2) is 0 Å². The van der Waals surface area contributed by atoms with Crippen molar-refractivity contribution in [3.05, 3.63) is 0 Å². The van der Waals surface area contributed by atoms with Gasteiger partial charge in [-0.3, -0.25) is 0 Å². The molecule has 16 atom stereocenters. The smallest absolute Gasteiger partial charge is 0.104 e. The lowest BCUT2D eigenvalue weighted by molar-refractivity contribution is -0.146. The lowest BCUT2D eigenvalue weighted by Crippen LogP contribution is -2.38. The molecule has 0 saturated carbocycles. The molecule has 0 aromatic rings. The molecular formula is C78H162O49. The van der Waals surface area contributed by atoms with Crippen LogP contribution in [0.4, 0.5) is 0 Å². The normalized spacial score (nSPS) is 17.8. The fourth-order valence-corrected chi connectivity index (χ4v) is 9.02. The molecule has 0 rings (SSSR count). The molecule has 0 amide bonds. The average Bonchev–Trinajstić information content (AvgIpc) is 0.937. The summed E-state index contributed by atoms with van der Waals surface area (Å²) >= 11 is 0. The Labute approximate surface area is 743 Å². The van der Waals surface area contributed by atoms with Gasteiger partial charge in [-0.2, -0.15) is 0 Å². The summed E-state index contributed by atoms with van der Waals surface area (Å²) in [6.07, 6.45) is -19.9. The Morgan fingerprint density at radius 1 is 0.150 bits per heavy atom. The fourth-order valence-electron chi connectivity index (χ4n) is 9.02. The SMILES string of the molecule is CC(COC(COCC(O)CO)COCC(O)CO)COC(COCC(O)CO)COCC(O)CO.CC(COCC(O)CO)COCC(O)CO.CCC(O)COCC(COCC(O)CO)OCC(COC(COCC(O)CO)COCC(O)CO)OCCCOC(COC(COCC(O)CO)COCC(O)CO)COC(COCC(O)CO)COCC(O)CO. The minimum Gasteiger partial charge on any atom is -0.394 e. The van der Waals surface area contributed by atoms with Crippen molar-refractivity contribution in [3.63, 3.8) is 0 Å². The van der Waals surface area contributed by atoms with Crippen molar-refractivity contribution >= 4 is 0 Å². The summed E-state index contributed by atoms with van der Waals surface area (Å²) in [5, 5.41) is 251. The first kappa shape index (κ1) is 129. The second-order valence-electron chi connectivity index (χ2n) is 29.7. The van der Waals surface area contributed by atoms with Crippen molar-refractivity contribution in [1.29, 1.82) is 0 Å². The maximum Gasteiger partial charge on any atom is 0.104 e. The van der Waals surface area contributed by atoms with Crippen molar-refractivity contribution in [2.24, 2.45) is 11.8 Å². The highest BCUT2D eigenvalue weighted by atomic mass is 16.6. The molecule has 27 N–H and O–H groups in total. The highest BCUT2D eigenvalue weighted by Gasteiger charge is 2.26. The number of aliphatic hydroxyl groups excluding tert-OH is 27. The predicted octanol–water partition coefficient (Wildman–Crippen LogP) is -13.7. The lowest BCUT2D eigenvalue weighted by Gasteiger charge is -2.27. The molecule has 0 saturated heterocycles. The maximum absolute atomic E-state index is 10.0. The van der Waals surface area contributed by atoms with E-state index in [0.29, 0.717) is 19.6 Å². The highest BCUT2D eigenvalue weighted by molar-refractivity contribution is 4.71. The first-order chi connectivity index (χ1) is 61.0. The molecule has 49 heteroatoms. The first-order valence-electron chi connectivity index (χ1n) is 42.5. The van der Waals surface area contributed by atoms with E-state index >= 15 is 0 Å². The van der Waals surface area contributed by atoms with E-state index in [-0.39, 0.29) is 256 Å². The molecule has 0 fully saturated rings. The van der Waals surface area contributed by atoms with Crippen LogP contribution in [0.5, 0.6) is 0 Å². The Hall–Kier alpha value is -1.96. The average molecular weight is 1880 g/mol. The van der Waals surface area contributed by atoms with E-state index in [1.807, 2.05) is 13.8 Å². The first-order valence-corrected chi connectivity index (χ1v) is 42.5. The van der Waals surface area contributed by atoms with E-state index in [1.165, 1.54) is 0 Å². The van der Waals surface area contributed by atoms with Crippen molar-refractivity contribution in [2.45, 2.75) is 168 Å². The van der Waals surface area contributed by atoms with E-state index < -0.39 is 207 Å². The largest absolute Gasteiger partial charge is 0.394 e. The van der Waals surface area contributed by atoms with Gasteiger partial charge in [0.1, 0.15) is 128 Å². The quantitative estimate of drug-likeness (QED) is 0.0251. The molecule has 0 bridgehead atoms. The van der Waals surface area contributed by atoms with Crippen LogP contribution in [0.1, 0.15) is 33.6 Å². The van der Waals surface area contributed by atoms with Crippen molar-refractivity contribution in [2.75, 3.05) is 324 Å². The van der Waals surface area contributed by atoms with Gasteiger partial charge in [0.2, 0.25) is 0 Å². The number of rotatable bonds is 94. The molecule has 49 nitrogen and oxygen atoms in total. The van der Waals surface area contributed by atoms with Gasteiger partial charge in [-0.05, 0) is 12.8 Å². The van der Waals surface area contributed by atoms with E-state index in [2.05, 4.69) is 0 Å². The summed E-state index contributed by atoms with van der Waals surface area (Å²) in [7, 11) is 0. The van der Waals surface area contributed by atoms with Crippen molar-refractivity contribution < 1.29 is 242 Å².